The SMILES string of the molecule is COCCCC1(NCc2ccc3[nH]cc(C4C=Cc5c(OC)c6c7c8c(c9c(O)c7c5OC5OC(CO4)C(O)C(OC#CCc4cccc7c4CN(CC9=O)C7=O)C5(O)CO)C4CCCC4CC8CC6)c3c2)CCCC1. The zero-order chi connectivity index (χ0) is 52.0. The van der Waals surface area contributed by atoms with E-state index in [0.717, 1.165) is 120 Å². The number of aromatic hydroxyl groups is 1. The van der Waals surface area contributed by atoms with Crippen LogP contribution in [0.15, 0.2) is 48.7 Å². The van der Waals surface area contributed by atoms with E-state index in [1.807, 2.05) is 24.4 Å². The van der Waals surface area contributed by atoms with Gasteiger partial charge >= 0.3 is 0 Å². The van der Waals surface area contributed by atoms with Crippen molar-refractivity contribution in [1.82, 2.24) is 15.2 Å². The smallest absolute Gasteiger partial charge is 0.254 e. The number of fused-ring (bicyclic) bond motifs is 8. The number of phenolic OH excluding ortho intramolecular Hbond substituents is 1. The summed E-state index contributed by atoms with van der Waals surface area (Å²) in [4.78, 5) is 34.7. The number of carbonyl (C=O) groups is 2. The van der Waals surface area contributed by atoms with Gasteiger partial charge in [0.05, 0.1) is 43.4 Å². The van der Waals surface area contributed by atoms with Crippen molar-refractivity contribution in [2.75, 3.05) is 40.6 Å². The number of aromatic amines is 1. The number of aromatic nitrogens is 1. The summed E-state index contributed by atoms with van der Waals surface area (Å²) in [6, 6.07) is 11.8. The fourth-order valence-electron chi connectivity index (χ4n) is 14.9. The molecule has 0 radical (unpaired) electrons. The molecule has 1 aromatic heterocycles. The number of nitrogens with one attached hydrogen (secondary N) is 2. The van der Waals surface area contributed by atoms with Gasteiger partial charge in [0.2, 0.25) is 6.29 Å². The first-order valence-electron chi connectivity index (χ1n) is 27.5. The van der Waals surface area contributed by atoms with Gasteiger partial charge in [-0.25, -0.2) is 0 Å². The van der Waals surface area contributed by atoms with E-state index in [1.54, 1.807) is 31.3 Å². The summed E-state index contributed by atoms with van der Waals surface area (Å²) in [5, 5.41) is 55.6. The molecule has 0 spiro atoms. The molecule has 76 heavy (non-hydrogen) atoms. The molecule has 15 nitrogen and oxygen atoms in total. The predicted molar refractivity (Wildman–Crippen MR) is 282 cm³/mol. The van der Waals surface area contributed by atoms with E-state index in [2.05, 4.69) is 40.5 Å². The third-order valence-corrected chi connectivity index (χ3v) is 18.7. The van der Waals surface area contributed by atoms with Gasteiger partial charge in [-0.05, 0) is 133 Å². The van der Waals surface area contributed by atoms with E-state index < -0.39 is 42.9 Å². The molecule has 1 saturated heterocycles. The number of phenols is 1. The number of ether oxygens (including phenoxy) is 6. The largest absolute Gasteiger partial charge is 0.506 e. The number of carbonyl (C=O) groups excluding carboxylic acids is 2. The Labute approximate surface area is 441 Å². The second kappa shape index (κ2) is 19.5. The Hall–Kier alpha value is -5.96. The number of H-pyrrole nitrogens is 1. The van der Waals surface area contributed by atoms with E-state index in [4.69, 9.17) is 28.4 Å². The molecular formula is C61H67N3O12. The number of rotatable bonds is 10. The van der Waals surface area contributed by atoms with Crippen LogP contribution in [0.4, 0.5) is 0 Å². The minimum atomic E-state index is -2.45. The van der Waals surface area contributed by atoms with Gasteiger partial charge in [-0.15, -0.1) is 0 Å². The summed E-state index contributed by atoms with van der Waals surface area (Å²) in [6.07, 6.45) is 13.4. The van der Waals surface area contributed by atoms with Crippen LogP contribution in [0.25, 0.3) is 27.8 Å². The molecule has 9 atom stereocenters. The van der Waals surface area contributed by atoms with Crippen molar-refractivity contribution in [3.63, 3.8) is 0 Å². The molecule has 3 fully saturated rings. The third kappa shape index (κ3) is 7.96. The van der Waals surface area contributed by atoms with Gasteiger partial charge in [0.1, 0.15) is 41.7 Å². The third-order valence-electron chi connectivity index (χ3n) is 18.7. The zero-order valence-corrected chi connectivity index (χ0v) is 43.3. The summed E-state index contributed by atoms with van der Waals surface area (Å²) in [5.41, 5.74) is 5.66. The molecule has 5 aromatic rings. The van der Waals surface area contributed by atoms with Crippen molar-refractivity contribution in [2.45, 2.75) is 150 Å². The highest BCUT2D eigenvalue weighted by atomic mass is 16.7. The molecule has 2 saturated carbocycles. The van der Waals surface area contributed by atoms with Gasteiger partial charge < -0.3 is 64.0 Å². The second-order valence-electron chi connectivity index (χ2n) is 22.8. The van der Waals surface area contributed by atoms with Crippen molar-refractivity contribution in [2.24, 2.45) is 5.92 Å². The number of aliphatic hydroxyl groups is 3. The van der Waals surface area contributed by atoms with Crippen LogP contribution in [0.2, 0.25) is 0 Å². The lowest BCUT2D eigenvalue weighted by Crippen LogP contribution is -2.70. The number of amides is 1. The quantitative estimate of drug-likeness (QED) is 0.0583. The molecule has 9 unspecified atom stereocenters. The van der Waals surface area contributed by atoms with E-state index >= 15 is 4.79 Å². The van der Waals surface area contributed by atoms with Crippen LogP contribution in [0, 0.1) is 17.9 Å². The van der Waals surface area contributed by atoms with E-state index in [0.29, 0.717) is 35.8 Å². The van der Waals surface area contributed by atoms with Crippen LogP contribution in [0.3, 0.4) is 0 Å². The van der Waals surface area contributed by atoms with Crippen molar-refractivity contribution in [3.8, 4) is 29.3 Å². The molecule has 15 heteroatoms. The summed E-state index contributed by atoms with van der Waals surface area (Å²) in [5.74, 6) is 3.00. The van der Waals surface area contributed by atoms with Crippen LogP contribution < -0.4 is 14.8 Å². The molecule has 6 N–H and O–H groups in total. The van der Waals surface area contributed by atoms with Crippen LogP contribution in [0.1, 0.15) is 154 Å². The molecule has 8 bridgehead atoms. The molecule has 1 amide bonds. The maximum Gasteiger partial charge on any atom is 0.254 e. The molecule has 5 heterocycles. The van der Waals surface area contributed by atoms with Gasteiger partial charge in [0, 0.05) is 72.6 Å². The van der Waals surface area contributed by atoms with Gasteiger partial charge in [0.15, 0.2) is 17.5 Å². The Bertz CT molecular complexity index is 3260. The van der Waals surface area contributed by atoms with Crippen LogP contribution in [-0.4, -0.2) is 118 Å². The zero-order valence-electron chi connectivity index (χ0n) is 43.3. The molecule has 8 aliphatic rings. The number of benzene rings is 4. The van der Waals surface area contributed by atoms with Crippen LogP contribution in [-0.2, 0) is 44.9 Å². The Balaban J connectivity index is 1.01. The number of aliphatic hydroxyl groups excluding tert-OH is 2. The number of hydrogen-bond acceptors (Lipinski definition) is 13. The van der Waals surface area contributed by atoms with Crippen molar-refractivity contribution in [3.05, 3.63) is 104 Å². The number of nitrogens with zero attached hydrogens (tertiary/aromatic N) is 1. The van der Waals surface area contributed by atoms with E-state index in [1.165, 1.54) is 12.8 Å². The fraction of sp³-hybridized carbons (Fsp3) is 0.508. The normalized spacial score (nSPS) is 29.0. The maximum atomic E-state index is 15.5. The first kappa shape index (κ1) is 49.6. The Kier molecular flexibility index (Phi) is 12.7. The standard InChI is InChI=1S/C61H67N3O12/c1-71-23-8-22-60(20-3-4-21-60)63-27-33-14-18-44-41(25-33)42(28-62-44)46-19-17-40-55(72-2)39-16-15-36-26-35-10-6-12-37(35)49-48(36)50(39)52-54(68)51(49)45(66)30-64-29-43-34(9-5-13-38(43)58(64)69)11-7-24-73-57-53(67)47(31-74-46)75-59(76-56(40)52)61(57,70)32-65/h5,9,13-14,17-19,25,28,35-37,46-47,53,57,59,62-63,65,67-68,70H,3-4,6,8,10-12,15-16,20-23,26-27,29-32H2,1-2H3. The first-order chi connectivity index (χ1) is 37.0. The van der Waals surface area contributed by atoms with Gasteiger partial charge in [-0.3, -0.25) is 9.59 Å². The summed E-state index contributed by atoms with van der Waals surface area (Å²) in [6.45, 7) is 0.104. The summed E-state index contributed by atoms with van der Waals surface area (Å²) >= 11 is 0. The number of aryl methyl sites for hydroxylation is 1. The summed E-state index contributed by atoms with van der Waals surface area (Å²) < 4.78 is 38.6. The average molecular weight is 1030 g/mol. The van der Waals surface area contributed by atoms with Gasteiger partial charge in [0.25, 0.3) is 5.91 Å². The molecular weight excluding hydrogens is 967 g/mol. The van der Waals surface area contributed by atoms with Crippen molar-refractivity contribution < 1.29 is 58.4 Å². The molecule has 13 rings (SSSR count). The Morgan fingerprint density at radius 3 is 2.71 bits per heavy atom. The molecule has 398 valence electrons. The van der Waals surface area contributed by atoms with Crippen molar-refractivity contribution in [1.29, 1.82) is 0 Å². The fourth-order valence-corrected chi connectivity index (χ4v) is 14.9. The number of methoxy groups -OCH3 is 2. The number of ketones is 1. The Morgan fingerprint density at radius 1 is 1.01 bits per heavy atom. The minimum absolute atomic E-state index is 0.0152. The lowest BCUT2D eigenvalue weighted by Gasteiger charge is -2.48. The highest BCUT2D eigenvalue weighted by molar-refractivity contribution is 6.14. The highest BCUT2D eigenvalue weighted by Crippen LogP contribution is 2.62. The number of hydrogen-bond donors (Lipinski definition) is 6. The van der Waals surface area contributed by atoms with Crippen LogP contribution >= 0.6 is 0 Å². The second-order valence-corrected chi connectivity index (χ2v) is 22.8. The lowest BCUT2D eigenvalue weighted by atomic mass is 9.64. The minimum Gasteiger partial charge on any atom is -0.506 e. The van der Waals surface area contributed by atoms with Crippen molar-refractivity contribution >= 4 is 39.4 Å². The molecule has 4 aromatic carbocycles. The van der Waals surface area contributed by atoms with Gasteiger partial charge in [-0.1, -0.05) is 49.5 Å². The topological polar surface area (TPSA) is 202 Å². The van der Waals surface area contributed by atoms with Gasteiger partial charge in [-0.2, -0.15) is 0 Å². The monoisotopic (exact) mass is 1030 g/mol. The predicted octanol–water partition coefficient (Wildman–Crippen LogP) is 7.90. The highest BCUT2D eigenvalue weighted by Gasteiger charge is 2.59. The van der Waals surface area contributed by atoms with Crippen LogP contribution in [0.5, 0.6) is 17.2 Å². The summed E-state index contributed by atoms with van der Waals surface area (Å²) in [7, 11) is 3.36. The average Bonchev–Trinajstić information content (AvgIpc) is 4.34. The molecule has 4 aliphatic heterocycles. The first-order valence-corrected chi connectivity index (χ1v) is 27.5. The molecule has 4 aliphatic carbocycles. The maximum absolute atomic E-state index is 15.5. The van der Waals surface area contributed by atoms with E-state index in [-0.39, 0.29) is 77.6 Å². The lowest BCUT2D eigenvalue weighted by molar-refractivity contribution is -0.328. The van der Waals surface area contributed by atoms with E-state index in [9.17, 15) is 25.2 Å². The Morgan fingerprint density at radius 2 is 1.88 bits per heavy atom. The number of Topliss-reactive ketones (excluding diaryl/α,β-unsaturated/α-hetero) is 1.